The minimum absolute atomic E-state index is 0.0220. The van der Waals surface area contributed by atoms with E-state index in [2.05, 4.69) is 10.3 Å². The Morgan fingerprint density at radius 3 is 2.27 bits per heavy atom. The maximum Gasteiger partial charge on any atom is 0.323 e. The summed E-state index contributed by atoms with van der Waals surface area (Å²) in [6.07, 6.45) is 2.40. The van der Waals surface area contributed by atoms with Crippen molar-refractivity contribution >= 4 is 35.6 Å². The molecule has 2 aliphatic rings. The number of aliphatic imine (C=N–C) groups is 1. The molecule has 184 valence electrons. The Kier molecular flexibility index (Phi) is 9.43. The van der Waals surface area contributed by atoms with E-state index >= 15 is 0 Å². The molecule has 0 spiro atoms. The van der Waals surface area contributed by atoms with Gasteiger partial charge in [-0.2, -0.15) is 0 Å². The first-order chi connectivity index (χ1) is 15.6. The van der Waals surface area contributed by atoms with Crippen LogP contribution in [-0.4, -0.2) is 94.4 Å². The molecule has 2 fully saturated rings. The number of hydrogen-bond acceptors (Lipinski definition) is 6. The summed E-state index contributed by atoms with van der Waals surface area (Å²) in [5.74, 6) is -3.58. The van der Waals surface area contributed by atoms with E-state index in [1.807, 2.05) is 0 Å². The van der Waals surface area contributed by atoms with Crippen LogP contribution in [0, 0.1) is 11.8 Å². The number of aliphatic carboxylic acids is 2. The minimum atomic E-state index is -1.19. The molecular formula is C20H32N6O7. The van der Waals surface area contributed by atoms with E-state index in [0.29, 0.717) is 25.3 Å². The Hall–Kier alpha value is -3.38. The van der Waals surface area contributed by atoms with Crippen LogP contribution in [0.15, 0.2) is 4.99 Å². The van der Waals surface area contributed by atoms with E-state index in [-0.39, 0.29) is 50.3 Å². The van der Waals surface area contributed by atoms with Gasteiger partial charge in [0, 0.05) is 32.0 Å². The van der Waals surface area contributed by atoms with Crippen LogP contribution < -0.4 is 16.8 Å². The number of amides is 3. The summed E-state index contributed by atoms with van der Waals surface area (Å²) < 4.78 is 0. The lowest BCUT2D eigenvalue weighted by atomic mass is 9.81. The average molecular weight is 469 g/mol. The molecule has 0 radical (unpaired) electrons. The number of guanidine groups is 1. The van der Waals surface area contributed by atoms with Gasteiger partial charge in [0.15, 0.2) is 5.96 Å². The van der Waals surface area contributed by atoms with Crippen LogP contribution in [0.3, 0.4) is 0 Å². The fourth-order valence-corrected chi connectivity index (χ4v) is 4.25. The van der Waals surface area contributed by atoms with Crippen LogP contribution in [0.1, 0.15) is 38.5 Å². The van der Waals surface area contributed by atoms with E-state index in [1.165, 1.54) is 4.90 Å². The van der Waals surface area contributed by atoms with Crippen molar-refractivity contribution in [2.45, 2.75) is 44.6 Å². The molecule has 7 N–H and O–H groups in total. The molecule has 0 bridgehead atoms. The second-order valence-electron chi connectivity index (χ2n) is 8.39. The summed E-state index contributed by atoms with van der Waals surface area (Å²) >= 11 is 0. The van der Waals surface area contributed by atoms with Crippen molar-refractivity contribution in [2.75, 3.05) is 32.7 Å². The summed E-state index contributed by atoms with van der Waals surface area (Å²) in [6, 6.07) is -1.08. The molecule has 1 saturated carbocycles. The Labute approximate surface area is 191 Å². The van der Waals surface area contributed by atoms with Gasteiger partial charge in [0.1, 0.15) is 12.6 Å². The molecule has 1 saturated heterocycles. The Morgan fingerprint density at radius 1 is 1.03 bits per heavy atom. The molecule has 13 heteroatoms. The first-order valence-corrected chi connectivity index (χ1v) is 10.9. The van der Waals surface area contributed by atoms with Gasteiger partial charge >= 0.3 is 11.9 Å². The Morgan fingerprint density at radius 2 is 1.70 bits per heavy atom. The minimum Gasteiger partial charge on any atom is -0.481 e. The van der Waals surface area contributed by atoms with Crippen molar-refractivity contribution < 1.29 is 34.2 Å². The molecule has 2 rings (SSSR count). The van der Waals surface area contributed by atoms with Crippen molar-refractivity contribution in [1.29, 1.82) is 0 Å². The molecule has 0 aromatic heterocycles. The van der Waals surface area contributed by atoms with Crippen LogP contribution in [0.4, 0.5) is 0 Å². The highest BCUT2D eigenvalue weighted by Crippen LogP contribution is 2.29. The third-order valence-electron chi connectivity index (χ3n) is 6.03. The van der Waals surface area contributed by atoms with E-state index < -0.39 is 36.3 Å². The number of carboxylic acid groups (broad SMARTS) is 2. The highest BCUT2D eigenvalue weighted by molar-refractivity contribution is 5.92. The number of rotatable bonds is 10. The van der Waals surface area contributed by atoms with Crippen molar-refractivity contribution in [2.24, 2.45) is 28.3 Å². The molecule has 13 nitrogen and oxygen atoms in total. The highest BCUT2D eigenvalue weighted by Gasteiger charge is 2.38. The monoisotopic (exact) mass is 468 g/mol. The lowest BCUT2D eigenvalue weighted by Crippen LogP contribution is -2.61. The highest BCUT2D eigenvalue weighted by atomic mass is 16.4. The average Bonchev–Trinajstić information content (AvgIpc) is 2.76. The molecule has 0 unspecified atom stereocenters. The SMILES string of the molecule is NC(N)=NCC1CCC(C(=O)NCC(=O)N2CCN(CC(=O)O)C(=O)[C@@H]2CCC(=O)O)CC1. The fraction of sp³-hybridized carbons (Fsp3) is 0.700. The van der Waals surface area contributed by atoms with E-state index in [0.717, 1.165) is 17.7 Å². The van der Waals surface area contributed by atoms with E-state index in [9.17, 15) is 24.0 Å². The maximum atomic E-state index is 12.8. The smallest absolute Gasteiger partial charge is 0.323 e. The predicted molar refractivity (Wildman–Crippen MR) is 116 cm³/mol. The van der Waals surface area contributed by atoms with Gasteiger partial charge in [0.05, 0.1) is 6.54 Å². The van der Waals surface area contributed by atoms with Crippen molar-refractivity contribution in [3.05, 3.63) is 0 Å². The molecule has 1 aliphatic carbocycles. The van der Waals surface area contributed by atoms with Crippen LogP contribution in [0.2, 0.25) is 0 Å². The molecular weight excluding hydrogens is 436 g/mol. The van der Waals surface area contributed by atoms with Gasteiger partial charge < -0.3 is 36.8 Å². The zero-order valence-corrected chi connectivity index (χ0v) is 18.4. The Balaban J connectivity index is 1.89. The zero-order chi connectivity index (χ0) is 24.5. The maximum absolute atomic E-state index is 12.8. The van der Waals surface area contributed by atoms with Gasteiger partial charge in [-0.05, 0) is 38.0 Å². The molecule has 1 atom stereocenters. The van der Waals surface area contributed by atoms with Crippen LogP contribution in [0.5, 0.6) is 0 Å². The lowest BCUT2D eigenvalue weighted by Gasteiger charge is -2.40. The van der Waals surface area contributed by atoms with Crippen molar-refractivity contribution in [1.82, 2.24) is 15.1 Å². The third kappa shape index (κ3) is 7.91. The first-order valence-electron chi connectivity index (χ1n) is 10.9. The normalized spacial score (nSPS) is 23.0. The number of carbonyl (C=O) groups excluding carboxylic acids is 3. The van der Waals surface area contributed by atoms with Gasteiger partial charge in [0.25, 0.3) is 0 Å². The molecule has 0 aromatic rings. The predicted octanol–water partition coefficient (Wildman–Crippen LogP) is -1.83. The van der Waals surface area contributed by atoms with Crippen LogP contribution in [0.25, 0.3) is 0 Å². The molecule has 0 aromatic carbocycles. The van der Waals surface area contributed by atoms with Gasteiger partial charge in [-0.15, -0.1) is 0 Å². The number of piperazine rings is 1. The summed E-state index contributed by atoms with van der Waals surface area (Å²) in [4.78, 5) is 66.2. The number of nitrogens with two attached hydrogens (primary N) is 2. The number of nitrogens with one attached hydrogen (secondary N) is 1. The lowest BCUT2D eigenvalue weighted by molar-refractivity contribution is -0.156. The Bertz CT molecular complexity index is 790. The molecule has 3 amide bonds. The first kappa shape index (κ1) is 25.9. The summed E-state index contributed by atoms with van der Waals surface area (Å²) in [7, 11) is 0. The fourth-order valence-electron chi connectivity index (χ4n) is 4.25. The van der Waals surface area contributed by atoms with E-state index in [4.69, 9.17) is 21.7 Å². The summed E-state index contributed by atoms with van der Waals surface area (Å²) in [5, 5.41) is 20.6. The number of carboxylic acids is 2. The quantitative estimate of drug-likeness (QED) is 0.180. The second-order valence-corrected chi connectivity index (χ2v) is 8.39. The van der Waals surface area contributed by atoms with Gasteiger partial charge in [-0.1, -0.05) is 0 Å². The van der Waals surface area contributed by atoms with E-state index in [1.54, 1.807) is 0 Å². The van der Waals surface area contributed by atoms with Crippen molar-refractivity contribution in [3.8, 4) is 0 Å². The zero-order valence-electron chi connectivity index (χ0n) is 18.4. The topological polar surface area (TPSA) is 209 Å². The number of nitrogens with zero attached hydrogens (tertiary/aromatic N) is 3. The largest absolute Gasteiger partial charge is 0.481 e. The third-order valence-corrected chi connectivity index (χ3v) is 6.03. The molecule has 1 aliphatic heterocycles. The summed E-state index contributed by atoms with van der Waals surface area (Å²) in [6.45, 7) is -0.230. The van der Waals surface area contributed by atoms with Gasteiger partial charge in [-0.25, -0.2) is 0 Å². The molecule has 33 heavy (non-hydrogen) atoms. The summed E-state index contributed by atoms with van der Waals surface area (Å²) in [5.41, 5.74) is 10.7. The van der Waals surface area contributed by atoms with Crippen LogP contribution >= 0.6 is 0 Å². The van der Waals surface area contributed by atoms with Crippen LogP contribution in [-0.2, 0) is 24.0 Å². The van der Waals surface area contributed by atoms with Crippen molar-refractivity contribution in [3.63, 3.8) is 0 Å². The van der Waals surface area contributed by atoms with Gasteiger partial charge in [0.2, 0.25) is 17.7 Å². The second kappa shape index (κ2) is 12.0. The number of hydrogen-bond donors (Lipinski definition) is 5. The standard InChI is InChI=1S/C20H32N6O7/c21-20(22)24-9-12-1-3-13(4-2-12)18(32)23-10-15(27)26-8-7-25(11-17(30)31)19(33)14(26)5-6-16(28)29/h12-14H,1-11H2,(H,23,32)(H,28,29)(H,30,31)(H4,21,22,24)/t12?,13?,14-/m0/s1. The van der Waals surface area contributed by atoms with Gasteiger partial charge in [-0.3, -0.25) is 29.0 Å². The molecule has 1 heterocycles. The number of carbonyl (C=O) groups is 5.